The molecule has 0 amide bonds. The quantitative estimate of drug-likeness (QED) is 0.802. The molecule has 0 aliphatic carbocycles. The van der Waals surface area contributed by atoms with Gasteiger partial charge in [0, 0.05) is 16.6 Å². The number of benzene rings is 1. The van der Waals surface area contributed by atoms with Crippen molar-refractivity contribution < 1.29 is 9.13 Å². The number of ether oxygens (including phenoxy) is 1. The lowest BCUT2D eigenvalue weighted by atomic mass is 10.1. The van der Waals surface area contributed by atoms with Gasteiger partial charge in [-0.25, -0.2) is 4.39 Å². The first-order valence-corrected chi connectivity index (χ1v) is 4.23. The lowest BCUT2D eigenvalue weighted by Crippen LogP contribution is -2.09. The molecule has 0 radical (unpaired) electrons. The maximum Gasteiger partial charge on any atom is 0.171 e. The molecule has 1 rings (SSSR count). The first-order chi connectivity index (χ1) is 6.07. The fourth-order valence-electron chi connectivity index (χ4n) is 1.12. The predicted octanol–water partition coefficient (Wildman–Crippen LogP) is 2.51. The third-order valence-corrected chi connectivity index (χ3v) is 2.10. The van der Waals surface area contributed by atoms with Crippen LogP contribution in [-0.4, -0.2) is 7.11 Å². The van der Waals surface area contributed by atoms with E-state index in [1.807, 2.05) is 0 Å². The van der Waals surface area contributed by atoms with Crippen LogP contribution in [0.1, 0.15) is 18.5 Å². The van der Waals surface area contributed by atoms with E-state index in [0.29, 0.717) is 10.6 Å². The van der Waals surface area contributed by atoms with Crippen molar-refractivity contribution in [2.24, 2.45) is 5.73 Å². The third kappa shape index (κ3) is 1.92. The second kappa shape index (κ2) is 3.94. The Morgan fingerprint density at radius 1 is 1.54 bits per heavy atom. The zero-order valence-electron chi connectivity index (χ0n) is 7.47. The molecular weight excluding hydrogens is 193 g/mol. The van der Waals surface area contributed by atoms with Crippen LogP contribution in [-0.2, 0) is 0 Å². The number of hydrogen-bond acceptors (Lipinski definition) is 2. The van der Waals surface area contributed by atoms with E-state index >= 15 is 0 Å². The van der Waals surface area contributed by atoms with Crippen LogP contribution in [0, 0.1) is 5.82 Å². The Labute approximate surface area is 81.4 Å². The van der Waals surface area contributed by atoms with Crippen LogP contribution in [0.3, 0.4) is 0 Å². The van der Waals surface area contributed by atoms with Gasteiger partial charge in [-0.05, 0) is 19.1 Å². The van der Waals surface area contributed by atoms with Gasteiger partial charge in [0.1, 0.15) is 0 Å². The van der Waals surface area contributed by atoms with E-state index in [0.717, 1.165) is 0 Å². The van der Waals surface area contributed by atoms with Crippen LogP contribution in [0.2, 0.25) is 5.02 Å². The number of rotatable bonds is 2. The molecule has 0 fully saturated rings. The number of nitrogens with two attached hydrogens (primary N) is 1. The Balaban J connectivity index is 3.30. The van der Waals surface area contributed by atoms with E-state index in [4.69, 9.17) is 22.1 Å². The summed E-state index contributed by atoms with van der Waals surface area (Å²) in [5.74, 6) is -0.318. The van der Waals surface area contributed by atoms with Crippen LogP contribution < -0.4 is 10.5 Å². The highest BCUT2D eigenvalue weighted by Gasteiger charge is 2.15. The summed E-state index contributed by atoms with van der Waals surface area (Å²) < 4.78 is 18.3. The fraction of sp³-hybridized carbons (Fsp3) is 0.333. The number of hydrogen-bond donors (Lipinski definition) is 1. The molecule has 1 aromatic rings. The van der Waals surface area contributed by atoms with Crippen LogP contribution in [0.4, 0.5) is 4.39 Å². The summed E-state index contributed by atoms with van der Waals surface area (Å²) in [6.45, 7) is 1.67. The molecule has 0 bridgehead atoms. The molecule has 0 heterocycles. The van der Waals surface area contributed by atoms with Gasteiger partial charge < -0.3 is 10.5 Å². The minimum atomic E-state index is -0.481. The molecule has 1 aromatic carbocycles. The topological polar surface area (TPSA) is 35.2 Å². The fourth-order valence-corrected chi connectivity index (χ4v) is 1.44. The molecule has 2 N–H and O–H groups in total. The van der Waals surface area contributed by atoms with E-state index in [9.17, 15) is 4.39 Å². The van der Waals surface area contributed by atoms with Gasteiger partial charge in [0.25, 0.3) is 0 Å². The van der Waals surface area contributed by atoms with Gasteiger partial charge in [-0.1, -0.05) is 11.6 Å². The van der Waals surface area contributed by atoms with E-state index in [1.165, 1.54) is 13.2 Å². The largest absolute Gasteiger partial charge is 0.494 e. The monoisotopic (exact) mass is 203 g/mol. The first-order valence-electron chi connectivity index (χ1n) is 3.85. The van der Waals surface area contributed by atoms with Gasteiger partial charge in [0.05, 0.1) is 7.11 Å². The molecule has 0 aliphatic rings. The Bertz CT molecular complexity index is 315. The first kappa shape index (κ1) is 10.3. The molecule has 13 heavy (non-hydrogen) atoms. The molecular formula is C9H11ClFNO. The maximum atomic E-state index is 13.5. The van der Waals surface area contributed by atoms with Crippen molar-refractivity contribution in [2.45, 2.75) is 13.0 Å². The highest BCUT2D eigenvalue weighted by molar-refractivity contribution is 6.31. The van der Waals surface area contributed by atoms with Crippen molar-refractivity contribution in [3.63, 3.8) is 0 Å². The SMILES string of the molecule is COc1ccc(Cl)c(C(C)N)c1F. The number of methoxy groups -OCH3 is 1. The molecule has 0 saturated carbocycles. The summed E-state index contributed by atoms with van der Waals surface area (Å²) in [6, 6.07) is 2.61. The second-order valence-corrected chi connectivity index (χ2v) is 3.17. The zero-order valence-corrected chi connectivity index (χ0v) is 8.23. The minimum Gasteiger partial charge on any atom is -0.494 e. The van der Waals surface area contributed by atoms with Crippen molar-refractivity contribution in [1.29, 1.82) is 0 Å². The van der Waals surface area contributed by atoms with Crippen LogP contribution in [0.5, 0.6) is 5.75 Å². The summed E-state index contributed by atoms with van der Waals surface area (Å²) in [5.41, 5.74) is 5.85. The van der Waals surface area contributed by atoms with Gasteiger partial charge in [-0.2, -0.15) is 0 Å². The lowest BCUT2D eigenvalue weighted by molar-refractivity contribution is 0.383. The summed E-state index contributed by atoms with van der Waals surface area (Å²) in [6.07, 6.45) is 0. The van der Waals surface area contributed by atoms with E-state index in [-0.39, 0.29) is 5.75 Å². The Morgan fingerprint density at radius 2 is 2.15 bits per heavy atom. The van der Waals surface area contributed by atoms with Crippen molar-refractivity contribution in [3.8, 4) is 5.75 Å². The third-order valence-electron chi connectivity index (χ3n) is 1.77. The standard InChI is InChI=1S/C9H11ClFNO/c1-5(12)8-6(10)3-4-7(13-2)9(8)11/h3-5H,12H2,1-2H3. The van der Waals surface area contributed by atoms with Gasteiger partial charge in [-0.3, -0.25) is 0 Å². The van der Waals surface area contributed by atoms with Gasteiger partial charge in [0.15, 0.2) is 11.6 Å². The van der Waals surface area contributed by atoms with E-state index < -0.39 is 11.9 Å². The molecule has 72 valence electrons. The molecule has 0 spiro atoms. The summed E-state index contributed by atoms with van der Waals surface area (Å²) in [7, 11) is 1.40. The average Bonchev–Trinajstić information content (AvgIpc) is 2.04. The highest BCUT2D eigenvalue weighted by atomic mass is 35.5. The normalized spacial score (nSPS) is 12.7. The van der Waals surface area contributed by atoms with Crippen LogP contribution in [0.25, 0.3) is 0 Å². The van der Waals surface area contributed by atoms with E-state index in [2.05, 4.69) is 0 Å². The smallest absolute Gasteiger partial charge is 0.171 e. The summed E-state index contributed by atoms with van der Waals surface area (Å²) in [4.78, 5) is 0. The summed E-state index contributed by atoms with van der Waals surface area (Å²) >= 11 is 5.78. The molecule has 0 aliphatic heterocycles. The highest BCUT2D eigenvalue weighted by Crippen LogP contribution is 2.30. The van der Waals surface area contributed by atoms with Crippen LogP contribution in [0.15, 0.2) is 12.1 Å². The van der Waals surface area contributed by atoms with Crippen LogP contribution >= 0.6 is 11.6 Å². The molecule has 2 nitrogen and oxygen atoms in total. The molecule has 4 heteroatoms. The van der Waals surface area contributed by atoms with Gasteiger partial charge >= 0.3 is 0 Å². The van der Waals surface area contributed by atoms with Crippen molar-refractivity contribution >= 4 is 11.6 Å². The van der Waals surface area contributed by atoms with E-state index in [1.54, 1.807) is 13.0 Å². The second-order valence-electron chi connectivity index (χ2n) is 2.77. The molecule has 1 atom stereocenters. The minimum absolute atomic E-state index is 0.164. The number of halogens is 2. The predicted molar refractivity (Wildman–Crippen MR) is 50.6 cm³/mol. The van der Waals surface area contributed by atoms with Crippen molar-refractivity contribution in [3.05, 3.63) is 28.5 Å². The Morgan fingerprint density at radius 3 is 2.62 bits per heavy atom. The Hall–Kier alpha value is -0.800. The Kier molecular flexibility index (Phi) is 3.12. The summed E-state index contributed by atoms with van der Waals surface area (Å²) in [5, 5.41) is 0.327. The maximum absolute atomic E-state index is 13.5. The van der Waals surface area contributed by atoms with Crippen molar-refractivity contribution in [2.75, 3.05) is 7.11 Å². The van der Waals surface area contributed by atoms with Gasteiger partial charge in [-0.15, -0.1) is 0 Å². The van der Waals surface area contributed by atoms with Gasteiger partial charge in [0.2, 0.25) is 0 Å². The average molecular weight is 204 g/mol. The molecule has 1 unspecified atom stereocenters. The molecule has 0 saturated heterocycles. The molecule has 0 aromatic heterocycles. The van der Waals surface area contributed by atoms with Crippen molar-refractivity contribution in [1.82, 2.24) is 0 Å². The lowest BCUT2D eigenvalue weighted by Gasteiger charge is -2.11. The zero-order chi connectivity index (χ0) is 10.0.